The van der Waals surface area contributed by atoms with Crippen molar-refractivity contribution in [1.82, 2.24) is 4.90 Å². The predicted octanol–water partition coefficient (Wildman–Crippen LogP) is 4.62. The Morgan fingerprint density at radius 1 is 1.00 bits per heavy atom. The van der Waals surface area contributed by atoms with Crippen LogP contribution in [-0.4, -0.2) is 41.3 Å². The van der Waals surface area contributed by atoms with Crippen LogP contribution in [0.25, 0.3) is 0 Å². The summed E-state index contributed by atoms with van der Waals surface area (Å²) in [6, 6.07) is 6.23. The molecule has 0 bridgehead atoms. The zero-order chi connectivity index (χ0) is 19.1. The molecule has 4 nitrogen and oxygen atoms in total. The normalized spacial score (nSPS) is 14.8. The van der Waals surface area contributed by atoms with Crippen molar-refractivity contribution >= 4 is 29.3 Å². The van der Waals surface area contributed by atoms with E-state index >= 15 is 0 Å². The van der Waals surface area contributed by atoms with Crippen LogP contribution in [0.15, 0.2) is 18.2 Å². The number of benzene rings is 1. The molecule has 144 valence electrons. The summed E-state index contributed by atoms with van der Waals surface area (Å²) in [5.74, 6) is 1.51. The van der Waals surface area contributed by atoms with Gasteiger partial charge < -0.3 is 10.2 Å². The topological polar surface area (TPSA) is 49.4 Å². The molecule has 1 aromatic carbocycles. The van der Waals surface area contributed by atoms with Crippen LogP contribution >= 0.6 is 11.8 Å². The molecule has 5 heteroatoms. The first-order valence-corrected chi connectivity index (χ1v) is 10.8. The van der Waals surface area contributed by atoms with Crippen LogP contribution in [0.5, 0.6) is 0 Å². The molecule has 1 fully saturated rings. The van der Waals surface area contributed by atoms with E-state index in [1.165, 1.54) is 29.3 Å². The molecular weight excluding hydrogens is 344 g/mol. The number of carbonyl (C=O) groups is 2. The average Bonchev–Trinajstić information content (AvgIpc) is 2.62. The van der Waals surface area contributed by atoms with Crippen molar-refractivity contribution in [3.05, 3.63) is 29.3 Å². The second-order valence-corrected chi connectivity index (χ2v) is 8.59. The van der Waals surface area contributed by atoms with E-state index < -0.39 is 0 Å². The lowest BCUT2D eigenvalue weighted by atomic mass is 9.92. The molecule has 0 aromatic heterocycles. The summed E-state index contributed by atoms with van der Waals surface area (Å²) in [7, 11) is 0. The smallest absolute Gasteiger partial charge is 0.234 e. The first kappa shape index (κ1) is 20.8. The lowest BCUT2D eigenvalue weighted by molar-refractivity contribution is -0.129. The van der Waals surface area contributed by atoms with Gasteiger partial charge in [0, 0.05) is 18.8 Å². The SMILES string of the molecule is CC(C)c1cccc(C(C)C)c1NC(=O)CSCC(=O)N1CCCCC1. The van der Waals surface area contributed by atoms with Crippen LogP contribution in [0.2, 0.25) is 0 Å². The highest BCUT2D eigenvalue weighted by Gasteiger charge is 2.18. The number of anilines is 1. The van der Waals surface area contributed by atoms with Crippen LogP contribution in [0, 0.1) is 0 Å². The van der Waals surface area contributed by atoms with Gasteiger partial charge in [0.05, 0.1) is 11.5 Å². The highest BCUT2D eigenvalue weighted by molar-refractivity contribution is 8.00. The van der Waals surface area contributed by atoms with Gasteiger partial charge in [0.15, 0.2) is 0 Å². The van der Waals surface area contributed by atoms with E-state index in [-0.39, 0.29) is 11.8 Å². The first-order chi connectivity index (χ1) is 12.4. The summed E-state index contributed by atoms with van der Waals surface area (Å²) >= 11 is 1.41. The second kappa shape index (κ2) is 10.0. The third kappa shape index (κ3) is 5.76. The maximum Gasteiger partial charge on any atom is 0.234 e. The number of thioether (sulfide) groups is 1. The molecule has 0 radical (unpaired) electrons. The summed E-state index contributed by atoms with van der Waals surface area (Å²) in [6.07, 6.45) is 3.41. The van der Waals surface area contributed by atoms with Gasteiger partial charge in [-0.1, -0.05) is 45.9 Å². The van der Waals surface area contributed by atoms with E-state index in [0.29, 0.717) is 23.3 Å². The van der Waals surface area contributed by atoms with Gasteiger partial charge in [-0.2, -0.15) is 0 Å². The van der Waals surface area contributed by atoms with E-state index in [9.17, 15) is 9.59 Å². The number of carbonyl (C=O) groups excluding carboxylic acids is 2. The Labute approximate surface area is 162 Å². The Balaban J connectivity index is 1.92. The molecule has 1 saturated heterocycles. The fourth-order valence-corrected chi connectivity index (χ4v) is 4.05. The number of piperidine rings is 1. The van der Waals surface area contributed by atoms with Crippen molar-refractivity contribution in [1.29, 1.82) is 0 Å². The third-order valence-corrected chi connectivity index (χ3v) is 5.72. The maximum absolute atomic E-state index is 12.5. The Hall–Kier alpha value is -1.49. The Kier molecular flexibility index (Phi) is 8.01. The molecule has 1 N–H and O–H groups in total. The van der Waals surface area contributed by atoms with E-state index in [0.717, 1.165) is 31.6 Å². The maximum atomic E-state index is 12.5. The van der Waals surface area contributed by atoms with Crippen molar-refractivity contribution in [3.8, 4) is 0 Å². The minimum absolute atomic E-state index is 0.0311. The quantitative estimate of drug-likeness (QED) is 0.755. The van der Waals surface area contributed by atoms with Crippen LogP contribution in [-0.2, 0) is 9.59 Å². The molecule has 0 unspecified atom stereocenters. The molecule has 0 spiro atoms. The van der Waals surface area contributed by atoms with Gasteiger partial charge in [-0.15, -0.1) is 11.8 Å². The van der Waals surface area contributed by atoms with E-state index in [2.05, 4.69) is 51.2 Å². The van der Waals surface area contributed by atoms with Crippen molar-refractivity contribution in [3.63, 3.8) is 0 Å². The summed E-state index contributed by atoms with van der Waals surface area (Å²) in [6.45, 7) is 10.3. The van der Waals surface area contributed by atoms with Gasteiger partial charge in [-0.3, -0.25) is 9.59 Å². The van der Waals surface area contributed by atoms with Crippen LogP contribution in [0.1, 0.15) is 69.9 Å². The molecule has 0 atom stereocenters. The molecule has 1 aliphatic heterocycles. The minimum Gasteiger partial charge on any atom is -0.342 e. The number of para-hydroxylation sites is 1. The molecular formula is C21H32N2O2S. The van der Waals surface area contributed by atoms with Crippen molar-refractivity contribution in [2.45, 2.75) is 58.8 Å². The van der Waals surface area contributed by atoms with E-state index in [1.54, 1.807) is 0 Å². The van der Waals surface area contributed by atoms with Crippen molar-refractivity contribution in [2.75, 3.05) is 29.9 Å². The van der Waals surface area contributed by atoms with Crippen LogP contribution in [0.4, 0.5) is 5.69 Å². The van der Waals surface area contributed by atoms with Gasteiger partial charge in [0.25, 0.3) is 0 Å². The lowest BCUT2D eigenvalue weighted by Gasteiger charge is -2.26. The number of likely N-dealkylation sites (tertiary alicyclic amines) is 1. The summed E-state index contributed by atoms with van der Waals surface area (Å²) < 4.78 is 0. The fourth-order valence-electron chi connectivity index (χ4n) is 3.34. The summed E-state index contributed by atoms with van der Waals surface area (Å²) in [5.41, 5.74) is 3.28. The van der Waals surface area contributed by atoms with Gasteiger partial charge in [-0.25, -0.2) is 0 Å². The van der Waals surface area contributed by atoms with Crippen molar-refractivity contribution in [2.24, 2.45) is 0 Å². The van der Waals surface area contributed by atoms with Gasteiger partial charge in [0.1, 0.15) is 0 Å². The van der Waals surface area contributed by atoms with Gasteiger partial charge in [-0.05, 0) is 42.2 Å². The number of nitrogens with one attached hydrogen (secondary N) is 1. The first-order valence-electron chi connectivity index (χ1n) is 9.68. The number of hydrogen-bond acceptors (Lipinski definition) is 3. The number of rotatable bonds is 7. The Morgan fingerprint density at radius 3 is 2.12 bits per heavy atom. The van der Waals surface area contributed by atoms with E-state index in [4.69, 9.17) is 0 Å². The molecule has 1 heterocycles. The van der Waals surface area contributed by atoms with Gasteiger partial charge in [0.2, 0.25) is 11.8 Å². The fraction of sp³-hybridized carbons (Fsp3) is 0.619. The number of amides is 2. The number of nitrogens with zero attached hydrogens (tertiary/aromatic N) is 1. The van der Waals surface area contributed by atoms with Gasteiger partial charge >= 0.3 is 0 Å². The molecule has 1 aromatic rings. The minimum atomic E-state index is -0.0311. The lowest BCUT2D eigenvalue weighted by Crippen LogP contribution is -2.37. The molecule has 26 heavy (non-hydrogen) atoms. The van der Waals surface area contributed by atoms with Crippen LogP contribution < -0.4 is 5.32 Å². The summed E-state index contributed by atoms with van der Waals surface area (Å²) in [4.78, 5) is 26.6. The second-order valence-electron chi connectivity index (χ2n) is 7.60. The highest BCUT2D eigenvalue weighted by Crippen LogP contribution is 2.32. The number of hydrogen-bond donors (Lipinski definition) is 1. The Morgan fingerprint density at radius 2 is 1.58 bits per heavy atom. The standard InChI is InChI=1S/C21H32N2O2S/c1-15(2)17-9-8-10-18(16(3)4)21(17)22-19(24)13-26-14-20(25)23-11-6-5-7-12-23/h8-10,15-16H,5-7,11-14H2,1-4H3,(H,22,24). The molecule has 0 saturated carbocycles. The largest absolute Gasteiger partial charge is 0.342 e. The molecule has 2 amide bonds. The molecule has 0 aliphatic carbocycles. The zero-order valence-corrected chi connectivity index (χ0v) is 17.3. The molecule has 2 rings (SSSR count). The van der Waals surface area contributed by atoms with Crippen LogP contribution in [0.3, 0.4) is 0 Å². The predicted molar refractivity (Wildman–Crippen MR) is 111 cm³/mol. The highest BCUT2D eigenvalue weighted by atomic mass is 32.2. The third-order valence-electron chi connectivity index (χ3n) is 4.80. The zero-order valence-electron chi connectivity index (χ0n) is 16.5. The molecule has 1 aliphatic rings. The van der Waals surface area contributed by atoms with Crippen molar-refractivity contribution < 1.29 is 9.59 Å². The average molecular weight is 377 g/mol. The Bertz CT molecular complexity index is 596. The summed E-state index contributed by atoms with van der Waals surface area (Å²) in [5, 5.41) is 3.11. The van der Waals surface area contributed by atoms with E-state index in [1.807, 2.05) is 4.90 Å². The monoisotopic (exact) mass is 376 g/mol.